The van der Waals surface area contributed by atoms with Gasteiger partial charge >= 0.3 is 5.97 Å². The molecule has 0 aliphatic carbocycles. The molecule has 7 nitrogen and oxygen atoms in total. The van der Waals surface area contributed by atoms with Crippen molar-refractivity contribution >= 4 is 50.9 Å². The molecule has 0 saturated heterocycles. The Morgan fingerprint density at radius 3 is 2.38 bits per heavy atom. The van der Waals surface area contributed by atoms with E-state index >= 15 is 0 Å². The molecule has 1 atom stereocenters. The van der Waals surface area contributed by atoms with Crippen LogP contribution in [-0.2, 0) is 24.3 Å². The standard InChI is InChI=1S/C19H21ClN2O5S2/c1-28-12-11-17(22-29(25,26)16-9-7-14(20)8-10-16)19(24)27-13-18(23)21-15-5-3-2-4-6-15/h2-10,17,22H,11-13H2,1H3,(H,21,23)/t17-/m0/s1. The molecule has 2 aromatic carbocycles. The number of sulfonamides is 1. The van der Waals surface area contributed by atoms with Gasteiger partial charge in [0.05, 0.1) is 4.90 Å². The first-order valence-electron chi connectivity index (χ1n) is 8.60. The number of hydrogen-bond acceptors (Lipinski definition) is 6. The predicted molar refractivity (Wildman–Crippen MR) is 115 cm³/mol. The number of para-hydroxylation sites is 1. The lowest BCUT2D eigenvalue weighted by Crippen LogP contribution is -2.43. The van der Waals surface area contributed by atoms with E-state index in [0.717, 1.165) is 0 Å². The van der Waals surface area contributed by atoms with Crippen molar-refractivity contribution in [2.24, 2.45) is 0 Å². The van der Waals surface area contributed by atoms with Crippen molar-refractivity contribution < 1.29 is 22.7 Å². The summed E-state index contributed by atoms with van der Waals surface area (Å²) in [5.41, 5.74) is 0.566. The summed E-state index contributed by atoms with van der Waals surface area (Å²) in [4.78, 5) is 24.3. The van der Waals surface area contributed by atoms with E-state index in [2.05, 4.69) is 10.0 Å². The number of ether oxygens (including phenoxy) is 1. The molecule has 0 radical (unpaired) electrons. The molecule has 29 heavy (non-hydrogen) atoms. The molecule has 156 valence electrons. The van der Waals surface area contributed by atoms with Crippen LogP contribution in [0.15, 0.2) is 59.5 Å². The molecule has 0 fully saturated rings. The Hall–Kier alpha value is -2.07. The van der Waals surface area contributed by atoms with Crippen molar-refractivity contribution in [3.8, 4) is 0 Å². The molecule has 1 amide bonds. The minimum atomic E-state index is -3.96. The van der Waals surface area contributed by atoms with Crippen LogP contribution in [0.2, 0.25) is 5.02 Å². The number of rotatable bonds is 10. The van der Waals surface area contributed by atoms with Gasteiger partial charge in [0.2, 0.25) is 10.0 Å². The molecular weight excluding hydrogens is 436 g/mol. The van der Waals surface area contributed by atoms with Crippen LogP contribution in [0.1, 0.15) is 6.42 Å². The highest BCUT2D eigenvalue weighted by Crippen LogP contribution is 2.15. The Labute approximate surface area is 179 Å². The van der Waals surface area contributed by atoms with E-state index in [9.17, 15) is 18.0 Å². The number of anilines is 1. The molecule has 2 rings (SSSR count). The van der Waals surface area contributed by atoms with E-state index in [1.165, 1.54) is 36.0 Å². The zero-order valence-electron chi connectivity index (χ0n) is 15.6. The zero-order chi connectivity index (χ0) is 21.3. The lowest BCUT2D eigenvalue weighted by atomic mass is 10.2. The highest BCUT2D eigenvalue weighted by Gasteiger charge is 2.27. The number of amides is 1. The molecule has 0 aromatic heterocycles. The van der Waals surface area contributed by atoms with Gasteiger partial charge in [-0.15, -0.1) is 0 Å². The van der Waals surface area contributed by atoms with Crippen molar-refractivity contribution in [2.75, 3.05) is 23.9 Å². The van der Waals surface area contributed by atoms with Gasteiger partial charge in [0.25, 0.3) is 5.91 Å². The summed E-state index contributed by atoms with van der Waals surface area (Å²) in [5.74, 6) is -0.812. The summed E-state index contributed by atoms with van der Waals surface area (Å²) in [6.45, 7) is -0.522. The molecule has 0 aliphatic rings. The van der Waals surface area contributed by atoms with Gasteiger partial charge in [-0.3, -0.25) is 9.59 Å². The first-order chi connectivity index (χ1) is 13.8. The van der Waals surface area contributed by atoms with Crippen LogP contribution in [-0.4, -0.2) is 45.0 Å². The molecular formula is C19H21ClN2O5S2. The molecule has 10 heteroatoms. The Balaban J connectivity index is 1.99. The summed E-state index contributed by atoms with van der Waals surface area (Å²) >= 11 is 7.24. The van der Waals surface area contributed by atoms with Crippen LogP contribution in [0, 0.1) is 0 Å². The first kappa shape index (κ1) is 23.2. The molecule has 2 aromatic rings. The summed E-state index contributed by atoms with van der Waals surface area (Å²) < 4.78 is 32.5. The molecule has 0 saturated carbocycles. The smallest absolute Gasteiger partial charge is 0.324 e. The topological polar surface area (TPSA) is 102 Å². The fourth-order valence-corrected chi connectivity index (χ4v) is 4.10. The second kappa shape index (κ2) is 11.2. The predicted octanol–water partition coefficient (Wildman–Crippen LogP) is 2.92. The van der Waals surface area contributed by atoms with E-state index in [0.29, 0.717) is 16.5 Å². The van der Waals surface area contributed by atoms with Crippen molar-refractivity contribution in [3.63, 3.8) is 0 Å². The minimum absolute atomic E-state index is 0.0225. The third kappa shape index (κ3) is 7.69. The number of nitrogens with one attached hydrogen (secondary N) is 2. The maximum atomic E-state index is 12.6. The van der Waals surface area contributed by atoms with Gasteiger partial charge in [0, 0.05) is 10.7 Å². The molecule has 0 heterocycles. The lowest BCUT2D eigenvalue weighted by Gasteiger charge is -2.17. The number of esters is 1. The molecule has 0 spiro atoms. The number of carbonyl (C=O) groups is 2. The molecule has 0 bridgehead atoms. The number of hydrogen-bond donors (Lipinski definition) is 2. The average molecular weight is 457 g/mol. The van der Waals surface area contributed by atoms with E-state index in [4.69, 9.17) is 16.3 Å². The summed E-state index contributed by atoms with van der Waals surface area (Å²) in [6, 6.07) is 13.2. The van der Waals surface area contributed by atoms with E-state index in [-0.39, 0.29) is 11.3 Å². The number of thioether (sulfide) groups is 1. The average Bonchev–Trinajstić information content (AvgIpc) is 2.70. The van der Waals surface area contributed by atoms with Crippen LogP contribution >= 0.6 is 23.4 Å². The van der Waals surface area contributed by atoms with Crippen LogP contribution in [0.4, 0.5) is 5.69 Å². The Kier molecular flexibility index (Phi) is 8.97. The number of carbonyl (C=O) groups excluding carboxylic acids is 2. The Morgan fingerprint density at radius 2 is 1.76 bits per heavy atom. The fourth-order valence-electron chi connectivity index (χ4n) is 2.29. The van der Waals surface area contributed by atoms with Crippen LogP contribution in [0.25, 0.3) is 0 Å². The van der Waals surface area contributed by atoms with Gasteiger partial charge in [0.1, 0.15) is 6.04 Å². The van der Waals surface area contributed by atoms with Gasteiger partial charge < -0.3 is 10.1 Å². The fraction of sp³-hybridized carbons (Fsp3) is 0.263. The minimum Gasteiger partial charge on any atom is -0.454 e. The number of benzene rings is 2. The van der Waals surface area contributed by atoms with Gasteiger partial charge in [-0.05, 0) is 54.8 Å². The second-order valence-corrected chi connectivity index (χ2v) is 9.07. The van der Waals surface area contributed by atoms with Crippen LogP contribution in [0.3, 0.4) is 0 Å². The van der Waals surface area contributed by atoms with Crippen molar-refractivity contribution in [1.29, 1.82) is 0 Å². The molecule has 2 N–H and O–H groups in total. The van der Waals surface area contributed by atoms with Crippen LogP contribution in [0.5, 0.6) is 0 Å². The third-order valence-corrected chi connectivity index (χ3v) is 6.10. The zero-order valence-corrected chi connectivity index (χ0v) is 18.0. The number of halogens is 1. The van der Waals surface area contributed by atoms with E-state index in [1.807, 2.05) is 6.26 Å². The maximum Gasteiger partial charge on any atom is 0.324 e. The molecule has 0 unspecified atom stereocenters. The largest absolute Gasteiger partial charge is 0.454 e. The summed E-state index contributed by atoms with van der Waals surface area (Å²) in [7, 11) is -3.96. The van der Waals surface area contributed by atoms with Crippen molar-refractivity contribution in [3.05, 3.63) is 59.6 Å². The molecule has 0 aliphatic heterocycles. The highest BCUT2D eigenvalue weighted by molar-refractivity contribution is 7.98. The van der Waals surface area contributed by atoms with Gasteiger partial charge in [-0.2, -0.15) is 16.5 Å². The third-order valence-electron chi connectivity index (χ3n) is 3.72. The SMILES string of the molecule is CSCC[C@H](NS(=O)(=O)c1ccc(Cl)cc1)C(=O)OCC(=O)Nc1ccccc1. The monoisotopic (exact) mass is 456 g/mol. The Morgan fingerprint density at radius 1 is 1.10 bits per heavy atom. The Bertz CT molecular complexity index is 921. The van der Waals surface area contributed by atoms with Crippen LogP contribution < -0.4 is 10.0 Å². The highest BCUT2D eigenvalue weighted by atomic mass is 35.5. The first-order valence-corrected chi connectivity index (χ1v) is 11.9. The van der Waals surface area contributed by atoms with Crippen molar-refractivity contribution in [1.82, 2.24) is 4.72 Å². The van der Waals surface area contributed by atoms with E-state index in [1.54, 1.807) is 30.3 Å². The van der Waals surface area contributed by atoms with Gasteiger partial charge in [0.15, 0.2) is 6.61 Å². The maximum absolute atomic E-state index is 12.6. The normalized spacial score (nSPS) is 12.2. The van der Waals surface area contributed by atoms with Gasteiger partial charge in [-0.25, -0.2) is 8.42 Å². The quantitative estimate of drug-likeness (QED) is 0.533. The summed E-state index contributed by atoms with van der Waals surface area (Å²) in [5, 5.41) is 2.98. The van der Waals surface area contributed by atoms with E-state index < -0.39 is 34.5 Å². The van der Waals surface area contributed by atoms with Gasteiger partial charge in [-0.1, -0.05) is 29.8 Å². The summed E-state index contributed by atoms with van der Waals surface area (Å²) in [6.07, 6.45) is 2.05. The van der Waals surface area contributed by atoms with Crippen molar-refractivity contribution in [2.45, 2.75) is 17.4 Å². The lowest BCUT2D eigenvalue weighted by molar-refractivity contribution is -0.149. The second-order valence-electron chi connectivity index (χ2n) is 5.93.